The number of nitrogens with zero attached hydrogens (tertiary/aromatic N) is 2. The van der Waals surface area contributed by atoms with E-state index in [2.05, 4.69) is 72.1 Å². The van der Waals surface area contributed by atoms with Crippen molar-refractivity contribution < 1.29 is 190 Å². The average Bonchev–Trinajstić information content (AvgIpc) is 0.853. The van der Waals surface area contributed by atoms with E-state index in [0.29, 0.717) is 0 Å². The molecule has 0 bridgehead atoms. The minimum absolute atomic E-state index is 0. The van der Waals surface area contributed by atoms with Crippen LogP contribution in [-0.4, -0.2) is 158 Å². The Kier molecular flexibility index (Phi) is 39.1. The largest absolute Gasteiger partial charge is 1.00 e. The van der Waals surface area contributed by atoms with Crippen molar-refractivity contribution in [2.75, 3.05) is 18.8 Å². The molecular formula is C58H86F6K2N4O13S5Si3. The Hall–Kier alpha value is -0.277. The normalized spacial score (nSPS) is 23.3. The molecule has 2 aromatic heterocycles. The van der Waals surface area contributed by atoms with Crippen LogP contribution in [0.15, 0.2) is 107 Å². The van der Waals surface area contributed by atoms with E-state index in [4.69, 9.17) is 37.0 Å². The molecule has 4 aromatic rings. The number of thiol groups is 1. The molecule has 91 heavy (non-hydrogen) atoms. The van der Waals surface area contributed by atoms with E-state index in [1.165, 1.54) is 47.8 Å². The molecule has 4 heterocycles. The summed E-state index contributed by atoms with van der Waals surface area (Å²) in [6.07, 6.45) is -3.47. The third-order valence-corrected chi connectivity index (χ3v) is 20.5. The van der Waals surface area contributed by atoms with Gasteiger partial charge in [0, 0.05) is 39.8 Å². The molecule has 2 fully saturated rings. The Balaban J connectivity index is 0.00000150. The molecule has 4 unspecified atom stereocenters. The predicted molar refractivity (Wildman–Crippen MR) is 348 cm³/mol. The van der Waals surface area contributed by atoms with Gasteiger partial charge in [-0.05, 0) is 155 Å². The van der Waals surface area contributed by atoms with E-state index in [0.717, 1.165) is 32.7 Å². The Morgan fingerprint density at radius 2 is 1.05 bits per heavy atom. The number of thioether (sulfide) groups is 3. The van der Waals surface area contributed by atoms with Crippen LogP contribution in [0.1, 0.15) is 36.0 Å². The maximum atomic E-state index is 13.8. The number of aromatic nitrogens is 2. The molecule has 6 rings (SSSR count). The zero-order valence-electron chi connectivity index (χ0n) is 55.9. The molecule has 2 amide bonds. The number of hydrogen-bond donors (Lipinski definition) is 3. The Labute approximate surface area is 640 Å². The van der Waals surface area contributed by atoms with Gasteiger partial charge in [0.15, 0.2) is 25.0 Å². The van der Waals surface area contributed by atoms with Crippen LogP contribution in [-0.2, 0) is 56.3 Å². The first kappa shape index (κ1) is 88.7. The number of carbonyl (C=O) groups is 3. The summed E-state index contributed by atoms with van der Waals surface area (Å²) in [5.41, 5.74) is 3.38. The molecule has 0 aliphatic carbocycles. The van der Waals surface area contributed by atoms with Crippen LogP contribution in [0.2, 0.25) is 58.9 Å². The summed E-state index contributed by atoms with van der Waals surface area (Å²) in [6.45, 7) is 27.2. The van der Waals surface area contributed by atoms with E-state index in [1.54, 1.807) is 18.6 Å². The topological polar surface area (TPSA) is 223 Å². The van der Waals surface area contributed by atoms with Crippen LogP contribution in [0.4, 0.5) is 26.3 Å². The van der Waals surface area contributed by atoms with Crippen LogP contribution in [0, 0.1) is 17.8 Å². The molecule has 2 aliphatic heterocycles. The predicted octanol–water partition coefficient (Wildman–Crippen LogP) is 6.01. The summed E-state index contributed by atoms with van der Waals surface area (Å²) in [4.78, 5) is 45.4. The fourth-order valence-electron chi connectivity index (χ4n) is 9.51. The first-order valence-corrected chi connectivity index (χ1v) is 44.1. The zero-order chi connectivity index (χ0) is 67.6. The molecule has 2 aliphatic rings. The molecular weight excluding hydrogens is 1400 g/mol. The van der Waals surface area contributed by atoms with Crippen molar-refractivity contribution in [1.29, 1.82) is 0 Å². The molecule has 0 radical (unpaired) electrons. The number of amides is 2. The van der Waals surface area contributed by atoms with Gasteiger partial charge in [-0.15, -0.1) is 47.9 Å². The SMILES string of the molecule is CSC1O[C@H]([C@H](NC(=O)C(F)(F)F)[C@@H](C)OS(C)(=O)=O)C(C)[C@@H](C)[C@H]1C.CSC1O[C@H]([C@H](NC(=O)C(F)(F)F)[C@H](C)Sc2ccc(-c3cccnc3)cc2)C(O[Si](C)(C)C)[C@@H](O[Si](C)(C)C)[C@H]1O[Si](C)(C)C.O=CO[O-].Sc1ccc(-c2cccnc2)cc1.[H-].[K+].[K+]. The van der Waals surface area contributed by atoms with Crippen molar-refractivity contribution in [2.24, 2.45) is 17.8 Å². The van der Waals surface area contributed by atoms with Crippen molar-refractivity contribution in [3.63, 3.8) is 0 Å². The fourth-order valence-corrected chi connectivity index (χ4v) is 16.4. The number of ether oxygens (including phenoxy) is 2. The zero-order valence-corrected chi connectivity index (χ0v) is 68.4. The van der Waals surface area contributed by atoms with Gasteiger partial charge in [0.25, 0.3) is 16.6 Å². The van der Waals surface area contributed by atoms with Gasteiger partial charge in [0.2, 0.25) is 0 Å². The van der Waals surface area contributed by atoms with Gasteiger partial charge in [-0.3, -0.25) is 28.5 Å². The number of alkyl halides is 6. The molecule has 33 heteroatoms. The Morgan fingerprint density at radius 3 is 1.44 bits per heavy atom. The van der Waals surface area contributed by atoms with E-state index in [9.17, 15) is 44.3 Å². The number of rotatable bonds is 21. The molecule has 2 saturated heterocycles. The molecule has 2 aromatic carbocycles. The average molecular weight is 1480 g/mol. The van der Waals surface area contributed by atoms with E-state index >= 15 is 0 Å². The van der Waals surface area contributed by atoms with Crippen LogP contribution in [0.3, 0.4) is 0 Å². The minimum atomic E-state index is -5.10. The van der Waals surface area contributed by atoms with E-state index in [-0.39, 0.29) is 134 Å². The monoisotopic (exact) mass is 1480 g/mol. The summed E-state index contributed by atoms with van der Waals surface area (Å²) in [5.74, 6) is -4.17. The summed E-state index contributed by atoms with van der Waals surface area (Å²) in [5, 5.41) is 12.1. The molecule has 0 spiro atoms. The summed E-state index contributed by atoms with van der Waals surface area (Å²) in [7, 11) is -10.6. The number of hydrogen-bond acceptors (Lipinski definition) is 19. The van der Waals surface area contributed by atoms with Crippen LogP contribution in [0.25, 0.3) is 22.3 Å². The van der Waals surface area contributed by atoms with Crippen molar-refractivity contribution in [1.82, 2.24) is 20.6 Å². The molecule has 17 nitrogen and oxygen atoms in total. The molecule has 502 valence electrons. The quantitative estimate of drug-likeness (QED) is 0.0127. The minimum Gasteiger partial charge on any atom is -1.00 e. The number of halogens is 6. The second kappa shape index (κ2) is 40.1. The number of carbonyl (C=O) groups excluding carboxylic acids is 3. The van der Waals surface area contributed by atoms with E-state index in [1.807, 2.05) is 144 Å². The number of benzene rings is 2. The van der Waals surface area contributed by atoms with Gasteiger partial charge in [-0.25, -0.2) is 0 Å². The number of pyridine rings is 2. The van der Waals surface area contributed by atoms with Gasteiger partial charge in [-0.1, -0.05) is 64.1 Å². The van der Waals surface area contributed by atoms with Gasteiger partial charge in [-0.2, -0.15) is 34.8 Å². The second-order valence-electron chi connectivity index (χ2n) is 24.1. The summed E-state index contributed by atoms with van der Waals surface area (Å²) < 4.78 is 140. The van der Waals surface area contributed by atoms with Gasteiger partial charge in [0.05, 0.1) is 30.5 Å². The summed E-state index contributed by atoms with van der Waals surface area (Å²) in [6, 6.07) is 21.2. The summed E-state index contributed by atoms with van der Waals surface area (Å²) >= 11 is 8.44. The first-order valence-electron chi connectivity index (χ1n) is 28.2. The maximum absolute atomic E-state index is 13.8. The van der Waals surface area contributed by atoms with Gasteiger partial charge >= 0.3 is 127 Å². The third kappa shape index (κ3) is 31.2. The first-order chi connectivity index (χ1) is 41.0. The van der Waals surface area contributed by atoms with Gasteiger partial charge in [0.1, 0.15) is 35.3 Å². The van der Waals surface area contributed by atoms with Crippen LogP contribution < -0.4 is 119 Å². The van der Waals surface area contributed by atoms with Crippen molar-refractivity contribution in [3.8, 4) is 22.3 Å². The van der Waals surface area contributed by atoms with Crippen molar-refractivity contribution in [2.45, 2.75) is 181 Å². The fraction of sp³-hybridized carbons (Fsp3) is 0.569. The third-order valence-electron chi connectivity index (χ3n) is 13.6. The van der Waals surface area contributed by atoms with E-state index < -0.39 is 119 Å². The Morgan fingerprint density at radius 1 is 0.648 bits per heavy atom. The van der Waals surface area contributed by atoms with Gasteiger partial charge < -0.3 is 45.0 Å². The van der Waals surface area contributed by atoms with Crippen LogP contribution >= 0.6 is 47.9 Å². The molecule has 2 N–H and O–H groups in total. The van der Waals surface area contributed by atoms with Crippen LogP contribution in [0.5, 0.6) is 0 Å². The number of nitrogens with one attached hydrogen (secondary N) is 2. The van der Waals surface area contributed by atoms with Crippen molar-refractivity contribution >= 4 is 101 Å². The smallest absolute Gasteiger partial charge is 1.00 e. The second-order valence-corrected chi connectivity index (χ2v) is 43.0. The standard InChI is InChI=1S/C31H49F3N2O5S2Si3.C15H26F3NO5S2.C11H9NS.CH2O3.2K.H/c1-20(43-23-16-14-21(15-17-23)22-13-12-18-35-19-22)24(36-30(37)31(32,33)34)25-26(39-44(3,4)5)27(40-45(6,7)8)28(29(38-25)42-2)41-46(9,10)11;1-7-8(2)12(23-13(25-5)9(7)3)11(10(4)24-26(6,21)22)19-14(20)15(16,17)18;13-11-5-3-9(4-6-11)10-2-1-7-12-8-10;2-1-4-3;;;/h12-20,24-29H,1-11H3,(H,36,37);7-13H,1-6H3,(H,19,20);1-8,13H;1,3H;;;/q;;;;2*+1;-1/p-1/t20-,24+,25+,26?,27+,28+,29?;7-,8?,9-,10-,11-,12+,13?;;;;;/m01...../s1. The Bertz CT molecular complexity index is 2930. The van der Waals surface area contributed by atoms with Crippen molar-refractivity contribution in [3.05, 3.63) is 97.6 Å². The molecule has 14 atom stereocenters. The maximum Gasteiger partial charge on any atom is 1.00 e. The molecule has 0 saturated carbocycles.